The highest BCUT2D eigenvalue weighted by Gasteiger charge is 2.26. The lowest BCUT2D eigenvalue weighted by molar-refractivity contribution is -0.142. The molecule has 13 heavy (non-hydrogen) atoms. The topological polar surface area (TPSA) is 55.4 Å². The van der Waals surface area contributed by atoms with Crippen LogP contribution in [0.4, 0.5) is 0 Å². The van der Waals surface area contributed by atoms with Gasteiger partial charge in [-0.15, -0.1) is 0 Å². The van der Waals surface area contributed by atoms with Crippen LogP contribution in [0.1, 0.15) is 13.3 Å². The summed E-state index contributed by atoms with van der Waals surface area (Å²) in [7, 11) is -1.10. The van der Waals surface area contributed by atoms with Crippen LogP contribution in [-0.4, -0.2) is 25.3 Å². The maximum atomic E-state index is 11.8. The third kappa shape index (κ3) is 2.68. The molecule has 0 aromatic carbocycles. The number of allylic oxidation sites excluding steroid dienone is 1. The number of methoxy groups -OCH3 is 1. The van der Waals surface area contributed by atoms with Crippen molar-refractivity contribution in [2.75, 3.05) is 13.3 Å². The van der Waals surface area contributed by atoms with Gasteiger partial charge in [-0.05, 0) is 19.2 Å². The molecule has 1 heterocycles. The number of carbonyl (C=O) groups excluding carboxylic acids is 1. The lowest BCUT2D eigenvalue weighted by Gasteiger charge is -2.16. The number of hydrogen-bond acceptors (Lipinski definition) is 3. The van der Waals surface area contributed by atoms with Crippen molar-refractivity contribution in [2.24, 2.45) is 0 Å². The summed E-state index contributed by atoms with van der Waals surface area (Å²) in [6.07, 6.45) is 3.30. The Kier molecular flexibility index (Phi) is 3.28. The molecule has 1 unspecified atom stereocenters. The van der Waals surface area contributed by atoms with Crippen LogP contribution in [0.25, 0.3) is 0 Å². The Morgan fingerprint density at radius 1 is 1.69 bits per heavy atom. The number of esters is 1. The molecule has 0 radical (unpaired) electrons. The molecule has 0 aliphatic carbocycles. The van der Waals surface area contributed by atoms with Crippen LogP contribution in [-0.2, 0) is 14.1 Å². The molecule has 4 nitrogen and oxygen atoms in total. The van der Waals surface area contributed by atoms with Crippen LogP contribution in [0.15, 0.2) is 11.9 Å². The molecule has 0 fully saturated rings. The summed E-state index contributed by atoms with van der Waals surface area (Å²) in [5.41, 5.74) is 0. The predicted molar refractivity (Wildman–Crippen MR) is 50.8 cm³/mol. The third-order valence-corrected chi connectivity index (χ3v) is 4.38. The van der Waals surface area contributed by atoms with Gasteiger partial charge in [0.2, 0.25) is 0 Å². The van der Waals surface area contributed by atoms with Gasteiger partial charge in [-0.1, -0.05) is 6.08 Å². The van der Waals surface area contributed by atoms with E-state index >= 15 is 0 Å². The summed E-state index contributed by atoms with van der Waals surface area (Å²) >= 11 is 0. The Hall–Kier alpha value is -0.600. The standard InChI is InChI=1S/C8H14NO3P/c1-7(8(10)12-2)9-13(11)5-3-4-6-13/h3,5,7H,4,6H2,1-2H3,(H,9,11)/t7-,13?/m0/s1. The fourth-order valence-electron chi connectivity index (χ4n) is 1.25. The number of nitrogens with one attached hydrogen (secondary N) is 1. The SMILES string of the molecule is COC(=O)[C@H](C)NP1(=O)C=CCC1. The zero-order chi connectivity index (χ0) is 9.90. The minimum absolute atomic E-state index is 0.379. The van der Waals surface area contributed by atoms with Gasteiger partial charge in [-0.3, -0.25) is 9.88 Å². The molecule has 1 N–H and O–H groups in total. The van der Waals surface area contributed by atoms with E-state index in [1.807, 2.05) is 6.08 Å². The molecular weight excluding hydrogens is 189 g/mol. The highest BCUT2D eigenvalue weighted by molar-refractivity contribution is 7.65. The first kappa shape index (κ1) is 10.5. The Bertz CT molecular complexity index is 275. The Labute approximate surface area is 77.8 Å². The van der Waals surface area contributed by atoms with Gasteiger partial charge in [-0.2, -0.15) is 0 Å². The van der Waals surface area contributed by atoms with E-state index in [4.69, 9.17) is 0 Å². The summed E-state index contributed by atoms with van der Waals surface area (Å²) in [5.74, 6) is 1.29. The largest absolute Gasteiger partial charge is 0.468 e. The van der Waals surface area contributed by atoms with Crippen molar-refractivity contribution in [3.8, 4) is 0 Å². The molecule has 74 valence electrons. The summed E-state index contributed by atoms with van der Waals surface area (Å²) in [4.78, 5) is 11.0. The third-order valence-electron chi connectivity index (χ3n) is 1.94. The number of carbonyl (C=O) groups is 1. The fraction of sp³-hybridized carbons (Fsp3) is 0.625. The molecule has 0 saturated heterocycles. The van der Waals surface area contributed by atoms with Crippen LogP contribution < -0.4 is 5.09 Å². The van der Waals surface area contributed by atoms with Gasteiger partial charge in [0, 0.05) is 6.16 Å². The smallest absolute Gasteiger partial charge is 0.322 e. The lowest BCUT2D eigenvalue weighted by Crippen LogP contribution is -2.32. The van der Waals surface area contributed by atoms with Crippen molar-refractivity contribution in [3.63, 3.8) is 0 Å². The van der Waals surface area contributed by atoms with Crippen LogP contribution in [0.2, 0.25) is 0 Å². The monoisotopic (exact) mass is 203 g/mol. The summed E-state index contributed by atoms with van der Waals surface area (Å²) in [6, 6.07) is -0.501. The van der Waals surface area contributed by atoms with Crippen molar-refractivity contribution in [1.29, 1.82) is 0 Å². The van der Waals surface area contributed by atoms with E-state index in [0.29, 0.717) is 6.16 Å². The molecule has 0 saturated carbocycles. The second-order valence-corrected chi connectivity index (χ2v) is 5.66. The van der Waals surface area contributed by atoms with E-state index in [9.17, 15) is 9.36 Å². The summed E-state index contributed by atoms with van der Waals surface area (Å²) in [5, 5.41) is 2.80. The van der Waals surface area contributed by atoms with Crippen LogP contribution >= 0.6 is 7.29 Å². The molecule has 1 aliphatic heterocycles. The van der Waals surface area contributed by atoms with E-state index in [1.54, 1.807) is 12.7 Å². The van der Waals surface area contributed by atoms with Crippen molar-refractivity contribution < 1.29 is 14.1 Å². The number of hydrogen-bond donors (Lipinski definition) is 1. The van der Waals surface area contributed by atoms with Crippen molar-refractivity contribution in [3.05, 3.63) is 11.9 Å². The van der Waals surface area contributed by atoms with E-state index in [0.717, 1.165) is 6.42 Å². The Morgan fingerprint density at radius 2 is 2.38 bits per heavy atom. The first-order chi connectivity index (χ1) is 6.07. The van der Waals surface area contributed by atoms with Crippen molar-refractivity contribution in [2.45, 2.75) is 19.4 Å². The molecule has 5 heteroatoms. The molecule has 0 spiro atoms. The first-order valence-corrected chi connectivity index (χ1v) is 6.15. The van der Waals surface area contributed by atoms with Crippen LogP contribution in [0, 0.1) is 0 Å². The van der Waals surface area contributed by atoms with Crippen LogP contribution in [0.5, 0.6) is 0 Å². The first-order valence-electron chi connectivity index (χ1n) is 4.19. The van der Waals surface area contributed by atoms with Gasteiger partial charge in [0.05, 0.1) is 7.11 Å². The van der Waals surface area contributed by atoms with E-state index in [-0.39, 0.29) is 5.97 Å². The number of ether oxygens (including phenoxy) is 1. The quantitative estimate of drug-likeness (QED) is 0.555. The highest BCUT2D eigenvalue weighted by Crippen LogP contribution is 2.47. The van der Waals surface area contributed by atoms with Gasteiger partial charge < -0.3 is 9.30 Å². The molecular formula is C8H14NO3P. The highest BCUT2D eigenvalue weighted by atomic mass is 31.2. The maximum Gasteiger partial charge on any atom is 0.322 e. The predicted octanol–water partition coefficient (Wildman–Crippen LogP) is 1.33. The second-order valence-electron chi connectivity index (χ2n) is 3.07. The normalized spacial score (nSPS) is 28.8. The molecule has 0 aromatic rings. The summed E-state index contributed by atoms with van der Waals surface area (Å²) < 4.78 is 16.4. The molecule has 0 bridgehead atoms. The van der Waals surface area contributed by atoms with E-state index in [2.05, 4.69) is 9.82 Å². The van der Waals surface area contributed by atoms with E-state index in [1.165, 1.54) is 7.11 Å². The molecule has 1 rings (SSSR count). The molecule has 0 amide bonds. The zero-order valence-corrected chi connectivity index (χ0v) is 8.71. The molecule has 0 aromatic heterocycles. The minimum atomic E-state index is -2.42. The van der Waals surface area contributed by atoms with Gasteiger partial charge in [0.25, 0.3) is 0 Å². The van der Waals surface area contributed by atoms with Gasteiger partial charge in [0.15, 0.2) is 7.29 Å². The average Bonchev–Trinajstić information content (AvgIpc) is 2.50. The summed E-state index contributed by atoms with van der Waals surface area (Å²) in [6.45, 7) is 1.65. The Balaban J connectivity index is 2.53. The lowest BCUT2D eigenvalue weighted by atomic mass is 10.4. The minimum Gasteiger partial charge on any atom is -0.468 e. The second kappa shape index (κ2) is 4.07. The van der Waals surface area contributed by atoms with Crippen molar-refractivity contribution >= 4 is 13.3 Å². The average molecular weight is 203 g/mol. The van der Waals surface area contributed by atoms with E-state index < -0.39 is 13.3 Å². The number of rotatable bonds is 3. The van der Waals surface area contributed by atoms with Crippen LogP contribution in [0.3, 0.4) is 0 Å². The molecule has 1 aliphatic rings. The maximum absolute atomic E-state index is 11.8. The van der Waals surface area contributed by atoms with Gasteiger partial charge in [-0.25, -0.2) is 0 Å². The Morgan fingerprint density at radius 3 is 2.85 bits per heavy atom. The fourth-order valence-corrected chi connectivity index (χ4v) is 3.40. The molecule has 2 atom stereocenters. The van der Waals surface area contributed by atoms with Gasteiger partial charge >= 0.3 is 5.97 Å². The van der Waals surface area contributed by atoms with Crippen molar-refractivity contribution in [1.82, 2.24) is 5.09 Å². The zero-order valence-electron chi connectivity index (χ0n) is 7.82. The van der Waals surface area contributed by atoms with Gasteiger partial charge in [0.1, 0.15) is 6.04 Å².